The van der Waals surface area contributed by atoms with Crippen molar-refractivity contribution in [2.75, 3.05) is 26.1 Å². The van der Waals surface area contributed by atoms with Crippen molar-refractivity contribution >= 4 is 23.5 Å². The molecule has 0 saturated heterocycles. The number of amides is 2. The van der Waals surface area contributed by atoms with E-state index in [0.717, 1.165) is 24.0 Å². The van der Waals surface area contributed by atoms with Crippen LogP contribution in [0.4, 0.5) is 5.69 Å². The predicted octanol–water partition coefficient (Wildman–Crippen LogP) is 4.31. The van der Waals surface area contributed by atoms with E-state index in [9.17, 15) is 14.4 Å². The molecule has 0 heterocycles. The fourth-order valence-electron chi connectivity index (χ4n) is 3.86. The van der Waals surface area contributed by atoms with Gasteiger partial charge in [0.25, 0.3) is 5.91 Å². The Hall–Kier alpha value is -4.33. The van der Waals surface area contributed by atoms with E-state index in [1.807, 2.05) is 25.1 Å². The van der Waals surface area contributed by atoms with E-state index in [1.54, 1.807) is 55.5 Å². The Kier molecular flexibility index (Phi) is 9.05. The smallest absolute Gasteiger partial charge is 0.394 e. The summed E-state index contributed by atoms with van der Waals surface area (Å²) in [4.78, 5) is 37.5. The minimum absolute atomic E-state index is 0.164. The van der Waals surface area contributed by atoms with Gasteiger partial charge >= 0.3 is 11.9 Å². The van der Waals surface area contributed by atoms with Gasteiger partial charge in [0.2, 0.25) is 0 Å². The van der Waals surface area contributed by atoms with Crippen molar-refractivity contribution in [2.24, 2.45) is 0 Å². The van der Waals surface area contributed by atoms with E-state index in [4.69, 9.17) is 14.6 Å². The quantitative estimate of drug-likeness (QED) is 0.411. The SMILES string of the molecule is COc1cc(C(=O)N(CCCc2ccccc2)Cc2ccc(NC(=O)C(=O)O)cc2)cc(OC)c1C. The molecular formula is C28H30N2O6. The van der Waals surface area contributed by atoms with Crippen molar-refractivity contribution in [3.63, 3.8) is 0 Å². The Bertz CT molecular complexity index is 1180. The highest BCUT2D eigenvalue weighted by Gasteiger charge is 2.20. The molecule has 0 spiro atoms. The lowest BCUT2D eigenvalue weighted by atomic mass is 10.1. The lowest BCUT2D eigenvalue weighted by Crippen LogP contribution is -2.32. The standard InChI is InChI=1S/C28H30N2O6/c1-19-24(35-2)16-22(17-25(19)36-3)27(32)30(15-7-10-20-8-5-4-6-9-20)18-21-11-13-23(14-12-21)29-26(31)28(33)34/h4-6,8-9,11-14,16-17H,7,10,15,18H2,1-3H3,(H,29,31)(H,33,34). The molecule has 8 heteroatoms. The first kappa shape index (κ1) is 26.3. The summed E-state index contributed by atoms with van der Waals surface area (Å²) in [6.07, 6.45) is 1.59. The topological polar surface area (TPSA) is 105 Å². The fourth-order valence-corrected chi connectivity index (χ4v) is 3.86. The molecule has 2 amide bonds. The average molecular weight is 491 g/mol. The number of carboxylic acid groups (broad SMARTS) is 1. The van der Waals surface area contributed by atoms with Gasteiger partial charge in [-0.15, -0.1) is 0 Å². The largest absolute Gasteiger partial charge is 0.496 e. The first-order valence-corrected chi connectivity index (χ1v) is 11.5. The number of benzene rings is 3. The maximum absolute atomic E-state index is 13.6. The van der Waals surface area contributed by atoms with Gasteiger partial charge in [-0.3, -0.25) is 9.59 Å². The third-order valence-corrected chi connectivity index (χ3v) is 5.80. The molecule has 3 aromatic rings. The van der Waals surface area contributed by atoms with Gasteiger partial charge in [0, 0.05) is 29.9 Å². The third-order valence-electron chi connectivity index (χ3n) is 5.80. The lowest BCUT2D eigenvalue weighted by molar-refractivity contribution is -0.147. The van der Waals surface area contributed by atoms with Crippen molar-refractivity contribution in [1.29, 1.82) is 0 Å². The molecule has 0 aliphatic heterocycles. The van der Waals surface area contributed by atoms with Gasteiger partial charge in [0.1, 0.15) is 11.5 Å². The van der Waals surface area contributed by atoms with Gasteiger partial charge in [-0.25, -0.2) is 4.79 Å². The molecule has 8 nitrogen and oxygen atoms in total. The number of nitrogens with one attached hydrogen (secondary N) is 1. The van der Waals surface area contributed by atoms with Crippen LogP contribution in [0.3, 0.4) is 0 Å². The van der Waals surface area contributed by atoms with Crippen LogP contribution in [-0.2, 0) is 22.6 Å². The summed E-state index contributed by atoms with van der Waals surface area (Å²) >= 11 is 0. The monoisotopic (exact) mass is 490 g/mol. The van der Waals surface area contributed by atoms with Crippen LogP contribution in [0.1, 0.15) is 33.5 Å². The molecular weight excluding hydrogens is 460 g/mol. The molecule has 2 N–H and O–H groups in total. The van der Waals surface area contributed by atoms with Crippen LogP contribution in [0.2, 0.25) is 0 Å². The molecule has 36 heavy (non-hydrogen) atoms. The Balaban J connectivity index is 1.82. The van der Waals surface area contributed by atoms with E-state index >= 15 is 0 Å². The molecule has 0 aliphatic rings. The molecule has 0 bridgehead atoms. The van der Waals surface area contributed by atoms with Crippen LogP contribution in [0, 0.1) is 6.92 Å². The number of aliphatic carboxylic acids is 1. The normalized spacial score (nSPS) is 10.4. The fraction of sp³-hybridized carbons (Fsp3) is 0.250. The Morgan fingerprint density at radius 2 is 1.50 bits per heavy atom. The number of aryl methyl sites for hydroxylation is 1. The first-order chi connectivity index (χ1) is 17.3. The highest BCUT2D eigenvalue weighted by atomic mass is 16.5. The minimum Gasteiger partial charge on any atom is -0.496 e. The molecule has 3 aromatic carbocycles. The number of carboxylic acids is 1. The highest BCUT2D eigenvalue weighted by Crippen LogP contribution is 2.30. The van der Waals surface area contributed by atoms with E-state index < -0.39 is 11.9 Å². The van der Waals surface area contributed by atoms with Crippen LogP contribution >= 0.6 is 0 Å². The van der Waals surface area contributed by atoms with Crippen molar-refractivity contribution < 1.29 is 29.0 Å². The van der Waals surface area contributed by atoms with E-state index in [2.05, 4.69) is 17.4 Å². The summed E-state index contributed by atoms with van der Waals surface area (Å²) in [7, 11) is 3.11. The number of rotatable bonds is 10. The first-order valence-electron chi connectivity index (χ1n) is 11.5. The van der Waals surface area contributed by atoms with Crippen LogP contribution in [0.5, 0.6) is 11.5 Å². The van der Waals surface area contributed by atoms with E-state index in [-0.39, 0.29) is 5.91 Å². The summed E-state index contributed by atoms with van der Waals surface area (Å²) < 4.78 is 10.9. The highest BCUT2D eigenvalue weighted by molar-refractivity contribution is 6.36. The van der Waals surface area contributed by atoms with E-state index in [0.29, 0.717) is 35.8 Å². The molecule has 0 saturated carbocycles. The van der Waals surface area contributed by atoms with Crippen molar-refractivity contribution in [2.45, 2.75) is 26.3 Å². The van der Waals surface area contributed by atoms with Gasteiger partial charge < -0.3 is 24.8 Å². The summed E-state index contributed by atoms with van der Waals surface area (Å²) in [5.74, 6) is -1.69. The number of carbonyl (C=O) groups excluding carboxylic acids is 2. The van der Waals surface area contributed by atoms with Crippen LogP contribution < -0.4 is 14.8 Å². The zero-order chi connectivity index (χ0) is 26.1. The lowest BCUT2D eigenvalue weighted by Gasteiger charge is -2.24. The van der Waals surface area contributed by atoms with Gasteiger partial charge in [0.15, 0.2) is 0 Å². The van der Waals surface area contributed by atoms with Crippen LogP contribution in [-0.4, -0.2) is 48.6 Å². The number of methoxy groups -OCH3 is 2. The zero-order valence-corrected chi connectivity index (χ0v) is 20.6. The van der Waals surface area contributed by atoms with Crippen molar-refractivity contribution in [3.05, 3.63) is 89.0 Å². The Morgan fingerprint density at radius 3 is 2.06 bits per heavy atom. The van der Waals surface area contributed by atoms with Gasteiger partial charge in [-0.2, -0.15) is 0 Å². The second-order valence-corrected chi connectivity index (χ2v) is 8.28. The molecule has 0 aliphatic carbocycles. The van der Waals surface area contributed by atoms with Crippen molar-refractivity contribution in [3.8, 4) is 11.5 Å². The Morgan fingerprint density at radius 1 is 0.889 bits per heavy atom. The molecule has 0 atom stereocenters. The number of carbonyl (C=O) groups is 3. The molecule has 0 radical (unpaired) electrons. The van der Waals surface area contributed by atoms with Gasteiger partial charge in [-0.1, -0.05) is 42.5 Å². The molecule has 188 valence electrons. The number of hydrogen-bond acceptors (Lipinski definition) is 5. The number of anilines is 1. The molecule has 3 rings (SSSR count). The van der Waals surface area contributed by atoms with Crippen LogP contribution in [0.15, 0.2) is 66.7 Å². The molecule has 0 unspecified atom stereocenters. The van der Waals surface area contributed by atoms with E-state index in [1.165, 1.54) is 5.56 Å². The number of nitrogens with zero attached hydrogens (tertiary/aromatic N) is 1. The maximum Gasteiger partial charge on any atom is 0.394 e. The molecule has 0 fully saturated rings. The average Bonchev–Trinajstić information content (AvgIpc) is 2.89. The van der Waals surface area contributed by atoms with Crippen LogP contribution in [0.25, 0.3) is 0 Å². The Labute approximate surface area is 210 Å². The summed E-state index contributed by atoms with van der Waals surface area (Å²) in [5, 5.41) is 11.1. The minimum atomic E-state index is -1.56. The van der Waals surface area contributed by atoms with Gasteiger partial charge in [-0.05, 0) is 55.2 Å². The van der Waals surface area contributed by atoms with Crippen molar-refractivity contribution in [1.82, 2.24) is 4.90 Å². The number of ether oxygens (including phenoxy) is 2. The number of hydrogen-bond donors (Lipinski definition) is 2. The summed E-state index contributed by atoms with van der Waals surface area (Å²) in [6, 6.07) is 20.3. The summed E-state index contributed by atoms with van der Waals surface area (Å²) in [5.41, 5.74) is 3.66. The molecule has 0 aromatic heterocycles. The predicted molar refractivity (Wildman–Crippen MR) is 136 cm³/mol. The second-order valence-electron chi connectivity index (χ2n) is 8.28. The zero-order valence-electron chi connectivity index (χ0n) is 20.6. The summed E-state index contributed by atoms with van der Waals surface area (Å²) in [6.45, 7) is 2.72. The maximum atomic E-state index is 13.6. The third kappa shape index (κ3) is 6.85. The van der Waals surface area contributed by atoms with Gasteiger partial charge in [0.05, 0.1) is 14.2 Å². The second kappa shape index (κ2) is 12.4.